The maximum Gasteiger partial charge on any atom is 0.278 e. The first-order chi connectivity index (χ1) is 14.5. The molecule has 0 atom stereocenters. The first-order valence-corrected chi connectivity index (χ1v) is 9.91. The van der Waals surface area contributed by atoms with Gasteiger partial charge in [-0.15, -0.1) is 0 Å². The molecule has 2 aromatic carbocycles. The van der Waals surface area contributed by atoms with Crippen LogP contribution in [0, 0.1) is 5.82 Å². The Morgan fingerprint density at radius 3 is 2.13 bits per heavy atom. The molecule has 6 nitrogen and oxygen atoms in total. The minimum atomic E-state index is -0.382. The standard InChI is InChI=1S/C23H24FN3O3/c1-25-11-13-26(14-12-25)21-20(17-5-7-18(24)8-6-17)22(28)27(23(21)29)15-16-3-9-19(30-2)10-4-16/h3-10H,11-15H2,1-2H3. The van der Waals surface area contributed by atoms with Crippen LogP contribution < -0.4 is 4.74 Å². The lowest BCUT2D eigenvalue weighted by atomic mass is 10.0. The van der Waals surface area contributed by atoms with Crippen molar-refractivity contribution in [2.75, 3.05) is 40.3 Å². The number of carbonyl (C=O) groups excluding carboxylic acids is 2. The summed E-state index contributed by atoms with van der Waals surface area (Å²) in [5.41, 5.74) is 2.14. The van der Waals surface area contributed by atoms with Crippen LogP contribution in [0.25, 0.3) is 5.57 Å². The first kappa shape index (κ1) is 20.1. The molecule has 2 aliphatic rings. The molecule has 1 saturated heterocycles. The van der Waals surface area contributed by atoms with Crippen LogP contribution in [-0.4, -0.2) is 66.9 Å². The summed E-state index contributed by atoms with van der Waals surface area (Å²) >= 11 is 0. The second-order valence-corrected chi connectivity index (χ2v) is 7.57. The molecule has 30 heavy (non-hydrogen) atoms. The zero-order valence-electron chi connectivity index (χ0n) is 17.1. The first-order valence-electron chi connectivity index (χ1n) is 9.91. The predicted molar refractivity (Wildman–Crippen MR) is 111 cm³/mol. The Morgan fingerprint density at radius 1 is 0.900 bits per heavy atom. The molecule has 0 aliphatic carbocycles. The van der Waals surface area contributed by atoms with E-state index in [4.69, 9.17) is 4.74 Å². The second kappa shape index (κ2) is 8.28. The zero-order chi connectivity index (χ0) is 21.3. The quantitative estimate of drug-likeness (QED) is 0.710. The van der Waals surface area contributed by atoms with Gasteiger partial charge in [0.15, 0.2) is 0 Å². The summed E-state index contributed by atoms with van der Waals surface area (Å²) in [7, 11) is 3.62. The lowest BCUT2D eigenvalue weighted by Gasteiger charge is -2.34. The van der Waals surface area contributed by atoms with Crippen molar-refractivity contribution in [3.05, 3.63) is 71.2 Å². The van der Waals surface area contributed by atoms with Gasteiger partial charge in [-0.3, -0.25) is 14.5 Å². The molecule has 0 bridgehead atoms. The number of rotatable bonds is 5. The van der Waals surface area contributed by atoms with Crippen LogP contribution in [0.1, 0.15) is 11.1 Å². The minimum absolute atomic E-state index is 0.170. The topological polar surface area (TPSA) is 53.1 Å². The van der Waals surface area contributed by atoms with Gasteiger partial charge in [0, 0.05) is 26.2 Å². The van der Waals surface area contributed by atoms with Gasteiger partial charge in [0.1, 0.15) is 17.3 Å². The highest BCUT2D eigenvalue weighted by molar-refractivity contribution is 6.35. The number of hydrogen-bond donors (Lipinski definition) is 0. The Labute approximate surface area is 175 Å². The summed E-state index contributed by atoms with van der Waals surface area (Å²) < 4.78 is 18.6. The van der Waals surface area contributed by atoms with E-state index in [2.05, 4.69) is 4.90 Å². The van der Waals surface area contributed by atoms with Crippen LogP contribution in [0.3, 0.4) is 0 Å². The average Bonchev–Trinajstić information content (AvgIpc) is 3.00. The molecular formula is C23H24FN3O3. The Bertz CT molecular complexity index is 978. The molecule has 0 saturated carbocycles. The smallest absolute Gasteiger partial charge is 0.278 e. The van der Waals surface area contributed by atoms with Crippen LogP contribution in [-0.2, 0) is 16.1 Å². The summed E-state index contributed by atoms with van der Waals surface area (Å²) in [4.78, 5) is 32.1. The van der Waals surface area contributed by atoms with E-state index in [0.717, 1.165) is 18.7 Å². The van der Waals surface area contributed by atoms with Crippen molar-refractivity contribution in [3.8, 4) is 5.75 Å². The minimum Gasteiger partial charge on any atom is -0.497 e. The molecule has 4 rings (SSSR count). The number of ether oxygens (including phenoxy) is 1. The molecule has 2 aromatic rings. The SMILES string of the molecule is COc1ccc(CN2C(=O)C(c3ccc(F)cc3)=C(N3CCN(C)CC3)C2=O)cc1. The van der Waals surface area contributed by atoms with E-state index in [9.17, 15) is 14.0 Å². The van der Waals surface area contributed by atoms with Crippen LogP contribution in [0.15, 0.2) is 54.2 Å². The van der Waals surface area contributed by atoms with Crippen LogP contribution in [0.4, 0.5) is 4.39 Å². The monoisotopic (exact) mass is 409 g/mol. The number of hydrogen-bond acceptors (Lipinski definition) is 5. The number of benzene rings is 2. The van der Waals surface area contributed by atoms with Crippen LogP contribution >= 0.6 is 0 Å². The highest BCUT2D eigenvalue weighted by Crippen LogP contribution is 2.33. The van der Waals surface area contributed by atoms with E-state index < -0.39 is 0 Å². The van der Waals surface area contributed by atoms with Gasteiger partial charge in [-0.1, -0.05) is 24.3 Å². The summed E-state index contributed by atoms with van der Waals surface area (Å²) in [5.74, 6) is -0.329. The van der Waals surface area contributed by atoms with Crippen molar-refractivity contribution in [2.45, 2.75) is 6.54 Å². The molecule has 0 unspecified atom stereocenters. The molecule has 0 aromatic heterocycles. The van der Waals surface area contributed by atoms with Crippen molar-refractivity contribution < 1.29 is 18.7 Å². The van der Waals surface area contributed by atoms with Crippen molar-refractivity contribution in [1.82, 2.24) is 14.7 Å². The van der Waals surface area contributed by atoms with E-state index in [1.54, 1.807) is 31.4 Å². The highest BCUT2D eigenvalue weighted by atomic mass is 19.1. The lowest BCUT2D eigenvalue weighted by molar-refractivity contribution is -0.138. The zero-order valence-corrected chi connectivity index (χ0v) is 17.1. The van der Waals surface area contributed by atoms with Gasteiger partial charge >= 0.3 is 0 Å². The van der Waals surface area contributed by atoms with Crippen LogP contribution in [0.5, 0.6) is 5.75 Å². The Balaban J connectivity index is 1.68. The molecule has 2 amide bonds. The third-order valence-electron chi connectivity index (χ3n) is 5.60. The van der Waals surface area contributed by atoms with Gasteiger partial charge in [-0.2, -0.15) is 0 Å². The van der Waals surface area contributed by atoms with Crippen LogP contribution in [0.2, 0.25) is 0 Å². The number of amides is 2. The number of carbonyl (C=O) groups is 2. The van der Waals surface area contributed by atoms with Crippen molar-refractivity contribution in [2.24, 2.45) is 0 Å². The van der Waals surface area contributed by atoms with Gasteiger partial charge in [0.2, 0.25) is 0 Å². The third kappa shape index (κ3) is 3.80. The van der Waals surface area contributed by atoms with Crippen molar-refractivity contribution in [1.29, 1.82) is 0 Å². The van der Waals surface area contributed by atoms with Gasteiger partial charge in [-0.05, 0) is 42.4 Å². The fourth-order valence-corrected chi connectivity index (χ4v) is 3.82. The van der Waals surface area contributed by atoms with E-state index in [-0.39, 0.29) is 24.2 Å². The molecular weight excluding hydrogens is 385 g/mol. The molecule has 2 heterocycles. The third-order valence-corrected chi connectivity index (χ3v) is 5.60. The fourth-order valence-electron chi connectivity index (χ4n) is 3.82. The largest absolute Gasteiger partial charge is 0.497 e. The number of halogens is 1. The Kier molecular flexibility index (Phi) is 5.55. The number of methoxy groups -OCH3 is 1. The summed E-state index contributed by atoms with van der Waals surface area (Å²) in [5, 5.41) is 0. The summed E-state index contributed by atoms with van der Waals surface area (Å²) in [6.45, 7) is 3.10. The number of imide groups is 1. The summed E-state index contributed by atoms with van der Waals surface area (Å²) in [6.07, 6.45) is 0. The fraction of sp³-hybridized carbons (Fsp3) is 0.304. The Morgan fingerprint density at radius 2 is 1.53 bits per heavy atom. The van der Waals surface area contributed by atoms with Crippen molar-refractivity contribution >= 4 is 17.4 Å². The maximum atomic E-state index is 13.5. The lowest BCUT2D eigenvalue weighted by Crippen LogP contribution is -2.46. The van der Waals surface area contributed by atoms with E-state index in [0.29, 0.717) is 35.7 Å². The van der Waals surface area contributed by atoms with Gasteiger partial charge in [0.25, 0.3) is 11.8 Å². The highest BCUT2D eigenvalue weighted by Gasteiger charge is 2.42. The molecule has 0 radical (unpaired) electrons. The number of likely N-dealkylation sites (N-methyl/N-ethyl adjacent to an activating group) is 1. The molecule has 1 fully saturated rings. The molecule has 0 N–H and O–H groups in total. The van der Waals surface area contributed by atoms with Crippen molar-refractivity contribution in [3.63, 3.8) is 0 Å². The van der Waals surface area contributed by atoms with E-state index in [1.165, 1.54) is 17.0 Å². The Hall–Kier alpha value is -3.19. The molecule has 156 valence electrons. The maximum absolute atomic E-state index is 13.5. The molecule has 7 heteroatoms. The molecule has 0 spiro atoms. The molecule has 2 aliphatic heterocycles. The second-order valence-electron chi connectivity index (χ2n) is 7.57. The number of nitrogens with zero attached hydrogens (tertiary/aromatic N) is 3. The van der Waals surface area contributed by atoms with E-state index in [1.807, 2.05) is 24.1 Å². The van der Waals surface area contributed by atoms with Gasteiger partial charge < -0.3 is 14.5 Å². The predicted octanol–water partition coefficient (Wildman–Crippen LogP) is 2.36. The van der Waals surface area contributed by atoms with Gasteiger partial charge in [-0.25, -0.2) is 4.39 Å². The summed E-state index contributed by atoms with van der Waals surface area (Å²) in [6, 6.07) is 13.0. The van der Waals surface area contributed by atoms with E-state index >= 15 is 0 Å². The normalized spacial score (nSPS) is 17.8. The van der Waals surface area contributed by atoms with Gasteiger partial charge in [0.05, 0.1) is 19.2 Å². The number of piperazine rings is 1. The average molecular weight is 409 g/mol.